The first-order valence-corrected chi connectivity index (χ1v) is 9.98. The lowest BCUT2D eigenvalue weighted by atomic mass is 9.94. The minimum Gasteiger partial charge on any atom is -0.497 e. The molecule has 0 unspecified atom stereocenters. The zero-order valence-electron chi connectivity index (χ0n) is 16.5. The van der Waals surface area contributed by atoms with Gasteiger partial charge in [0.15, 0.2) is 0 Å². The van der Waals surface area contributed by atoms with Gasteiger partial charge >= 0.3 is 0 Å². The summed E-state index contributed by atoms with van der Waals surface area (Å²) in [5.41, 5.74) is 2.50. The molecule has 0 atom stereocenters. The molecule has 144 valence electrons. The van der Waals surface area contributed by atoms with Crippen LogP contribution in [0.15, 0.2) is 54.6 Å². The zero-order valence-corrected chi connectivity index (χ0v) is 16.5. The summed E-state index contributed by atoms with van der Waals surface area (Å²) in [6, 6.07) is 18.6. The van der Waals surface area contributed by atoms with Crippen LogP contribution in [-0.4, -0.2) is 37.6 Å². The van der Waals surface area contributed by atoms with E-state index < -0.39 is 0 Å². The first-order valence-electron chi connectivity index (χ1n) is 9.98. The van der Waals surface area contributed by atoms with E-state index in [1.165, 1.54) is 11.1 Å². The number of nitrogens with zero attached hydrogens (tertiary/aromatic N) is 1. The van der Waals surface area contributed by atoms with E-state index in [9.17, 15) is 4.79 Å². The van der Waals surface area contributed by atoms with Crippen LogP contribution in [0.25, 0.3) is 0 Å². The molecule has 0 aromatic heterocycles. The quantitative estimate of drug-likeness (QED) is 0.816. The molecule has 27 heavy (non-hydrogen) atoms. The second-order valence-electron chi connectivity index (χ2n) is 7.39. The first kappa shape index (κ1) is 19.4. The molecule has 1 aliphatic heterocycles. The molecule has 2 aromatic rings. The van der Waals surface area contributed by atoms with Crippen LogP contribution in [0.5, 0.6) is 5.75 Å². The highest BCUT2D eigenvalue weighted by Crippen LogP contribution is 2.17. The molecule has 1 heterocycles. The van der Waals surface area contributed by atoms with Gasteiger partial charge in [-0.25, -0.2) is 0 Å². The number of methoxy groups -OCH3 is 1. The topological polar surface area (TPSA) is 34.0 Å². The van der Waals surface area contributed by atoms with Crippen LogP contribution in [-0.2, 0) is 17.9 Å². The van der Waals surface area contributed by atoms with E-state index in [1.807, 2.05) is 35.2 Å². The monoisotopic (exact) mass is 367 g/mol. The SMILES string of the molecule is CCN(Cc1ccccc1)C(=O)C1CC[NH+](Cc2cccc(OC)c2)CC1. The molecule has 0 bridgehead atoms. The Kier molecular flexibility index (Phi) is 6.88. The largest absolute Gasteiger partial charge is 0.497 e. The summed E-state index contributed by atoms with van der Waals surface area (Å²) >= 11 is 0. The molecule has 1 aliphatic rings. The highest BCUT2D eigenvalue weighted by atomic mass is 16.5. The molecule has 3 rings (SSSR count). The normalized spacial score (nSPS) is 19.5. The average Bonchev–Trinajstić information content (AvgIpc) is 2.73. The van der Waals surface area contributed by atoms with Crippen molar-refractivity contribution >= 4 is 5.91 Å². The lowest BCUT2D eigenvalue weighted by molar-refractivity contribution is -0.919. The number of rotatable bonds is 7. The predicted octanol–water partition coefficient (Wildman–Crippen LogP) is 2.54. The number of benzene rings is 2. The minimum atomic E-state index is 0.169. The second-order valence-corrected chi connectivity index (χ2v) is 7.39. The lowest BCUT2D eigenvalue weighted by Crippen LogP contribution is -3.11. The molecule has 0 radical (unpaired) electrons. The number of carbonyl (C=O) groups excluding carboxylic acids is 1. The van der Waals surface area contributed by atoms with Gasteiger partial charge in [0, 0.05) is 37.4 Å². The van der Waals surface area contributed by atoms with Crippen LogP contribution in [0.2, 0.25) is 0 Å². The number of amides is 1. The van der Waals surface area contributed by atoms with Gasteiger partial charge < -0.3 is 14.5 Å². The number of hydrogen-bond acceptors (Lipinski definition) is 2. The molecule has 0 aliphatic carbocycles. The van der Waals surface area contributed by atoms with E-state index in [-0.39, 0.29) is 5.92 Å². The van der Waals surface area contributed by atoms with Gasteiger partial charge in [-0.1, -0.05) is 42.5 Å². The van der Waals surface area contributed by atoms with Crippen molar-refractivity contribution in [1.82, 2.24) is 4.90 Å². The van der Waals surface area contributed by atoms with Crippen molar-refractivity contribution in [2.45, 2.75) is 32.9 Å². The fourth-order valence-corrected chi connectivity index (χ4v) is 3.93. The fraction of sp³-hybridized carbons (Fsp3) is 0.435. The van der Waals surface area contributed by atoms with Crippen LogP contribution in [0.3, 0.4) is 0 Å². The maximum atomic E-state index is 13.0. The van der Waals surface area contributed by atoms with Crippen LogP contribution in [0, 0.1) is 5.92 Å². The number of piperidine rings is 1. The first-order chi connectivity index (χ1) is 13.2. The van der Waals surface area contributed by atoms with Gasteiger partial charge in [-0.15, -0.1) is 0 Å². The molecule has 1 amide bonds. The Morgan fingerprint density at radius 2 is 1.78 bits per heavy atom. The number of carbonyl (C=O) groups is 1. The summed E-state index contributed by atoms with van der Waals surface area (Å²) in [5.74, 6) is 1.40. The maximum Gasteiger partial charge on any atom is 0.226 e. The van der Waals surface area contributed by atoms with Crippen molar-refractivity contribution in [1.29, 1.82) is 0 Å². The van der Waals surface area contributed by atoms with Gasteiger partial charge in [-0.2, -0.15) is 0 Å². The van der Waals surface area contributed by atoms with Crippen molar-refractivity contribution in [3.05, 3.63) is 65.7 Å². The van der Waals surface area contributed by atoms with Crippen LogP contribution >= 0.6 is 0 Å². The van der Waals surface area contributed by atoms with Crippen LogP contribution in [0.4, 0.5) is 0 Å². The molecule has 2 aromatic carbocycles. The van der Waals surface area contributed by atoms with Gasteiger partial charge in [0.05, 0.1) is 20.2 Å². The molecular formula is C23H31N2O2+. The molecule has 0 spiro atoms. The standard InChI is InChI=1S/C23H30N2O2/c1-3-25(18-19-8-5-4-6-9-19)23(26)21-12-14-24(15-13-21)17-20-10-7-11-22(16-20)27-2/h4-11,16,21H,3,12-15,17-18H2,1-2H3/p+1. The third kappa shape index (κ3) is 5.33. The summed E-state index contributed by atoms with van der Waals surface area (Å²) in [4.78, 5) is 16.5. The lowest BCUT2D eigenvalue weighted by Gasteiger charge is -2.32. The highest BCUT2D eigenvalue weighted by molar-refractivity contribution is 5.78. The van der Waals surface area contributed by atoms with E-state index in [0.717, 1.165) is 44.8 Å². The number of likely N-dealkylation sites (tertiary alicyclic amines) is 1. The summed E-state index contributed by atoms with van der Waals surface area (Å²) in [6.07, 6.45) is 1.95. The molecule has 1 N–H and O–H groups in total. The van der Waals surface area contributed by atoms with Crippen molar-refractivity contribution in [3.8, 4) is 5.75 Å². The Labute approximate surface area is 162 Å². The van der Waals surface area contributed by atoms with Crippen molar-refractivity contribution in [2.24, 2.45) is 5.92 Å². The van der Waals surface area contributed by atoms with Crippen molar-refractivity contribution in [3.63, 3.8) is 0 Å². The van der Waals surface area contributed by atoms with E-state index in [0.29, 0.717) is 12.5 Å². The van der Waals surface area contributed by atoms with E-state index in [1.54, 1.807) is 12.0 Å². The van der Waals surface area contributed by atoms with Crippen LogP contribution < -0.4 is 9.64 Å². The molecule has 4 heteroatoms. The summed E-state index contributed by atoms with van der Waals surface area (Å²) < 4.78 is 5.32. The second kappa shape index (κ2) is 9.56. The van der Waals surface area contributed by atoms with Gasteiger partial charge in [0.25, 0.3) is 0 Å². The average molecular weight is 368 g/mol. The highest BCUT2D eigenvalue weighted by Gasteiger charge is 2.30. The Bertz CT molecular complexity index is 724. The van der Waals surface area contributed by atoms with Crippen molar-refractivity contribution in [2.75, 3.05) is 26.7 Å². The predicted molar refractivity (Wildman–Crippen MR) is 108 cm³/mol. The van der Waals surface area contributed by atoms with Gasteiger partial charge in [-0.05, 0) is 24.6 Å². The Morgan fingerprint density at radius 3 is 2.44 bits per heavy atom. The summed E-state index contributed by atoms with van der Waals surface area (Å²) in [6.45, 7) is 6.66. The van der Waals surface area contributed by atoms with E-state index in [2.05, 4.69) is 31.2 Å². The fourth-order valence-electron chi connectivity index (χ4n) is 3.93. The molecule has 4 nitrogen and oxygen atoms in total. The third-order valence-corrected chi connectivity index (χ3v) is 5.54. The van der Waals surface area contributed by atoms with Crippen LogP contribution in [0.1, 0.15) is 30.9 Å². The Balaban J connectivity index is 1.52. The zero-order chi connectivity index (χ0) is 19.1. The summed E-state index contributed by atoms with van der Waals surface area (Å²) in [5, 5.41) is 0. The Hall–Kier alpha value is -2.33. The van der Waals surface area contributed by atoms with Gasteiger partial charge in [0.1, 0.15) is 12.3 Å². The summed E-state index contributed by atoms with van der Waals surface area (Å²) in [7, 11) is 1.71. The molecule has 1 saturated heterocycles. The number of ether oxygens (including phenoxy) is 1. The van der Waals surface area contributed by atoms with Gasteiger partial charge in [-0.3, -0.25) is 4.79 Å². The molecule has 1 fully saturated rings. The molecular weight excluding hydrogens is 336 g/mol. The van der Waals surface area contributed by atoms with Gasteiger partial charge in [0.2, 0.25) is 5.91 Å². The molecule has 0 saturated carbocycles. The maximum absolute atomic E-state index is 13.0. The number of nitrogens with one attached hydrogen (secondary N) is 1. The smallest absolute Gasteiger partial charge is 0.226 e. The minimum absolute atomic E-state index is 0.169. The number of quaternary nitrogens is 1. The third-order valence-electron chi connectivity index (χ3n) is 5.54. The number of hydrogen-bond donors (Lipinski definition) is 1. The van der Waals surface area contributed by atoms with E-state index in [4.69, 9.17) is 4.74 Å². The Morgan fingerprint density at radius 1 is 1.07 bits per heavy atom. The van der Waals surface area contributed by atoms with Crippen molar-refractivity contribution < 1.29 is 14.4 Å². The van der Waals surface area contributed by atoms with E-state index >= 15 is 0 Å².